The third-order valence-corrected chi connectivity index (χ3v) is 3.32. The summed E-state index contributed by atoms with van der Waals surface area (Å²) in [4.78, 5) is 12.7. The van der Waals surface area contributed by atoms with Gasteiger partial charge in [-0.3, -0.25) is 0 Å². The Hall–Kier alpha value is -0.950. The Morgan fingerprint density at radius 2 is 2.24 bits per heavy atom. The summed E-state index contributed by atoms with van der Waals surface area (Å²) >= 11 is 12.6. The van der Waals surface area contributed by atoms with Gasteiger partial charge < -0.3 is 10.4 Å². The zero-order valence-electron chi connectivity index (χ0n) is 8.69. The van der Waals surface area contributed by atoms with E-state index in [4.69, 9.17) is 28.3 Å². The molecule has 0 saturated carbocycles. The molecule has 0 aliphatic rings. The van der Waals surface area contributed by atoms with Crippen LogP contribution < -0.4 is 5.32 Å². The Morgan fingerprint density at radius 1 is 1.47 bits per heavy atom. The quantitative estimate of drug-likeness (QED) is 0.672. The molecule has 0 amide bonds. The molecule has 0 bridgehead atoms. The van der Waals surface area contributed by atoms with Crippen LogP contribution in [0.5, 0.6) is 0 Å². The minimum absolute atomic E-state index is 0.356. The fourth-order valence-corrected chi connectivity index (χ4v) is 2.26. The molecule has 0 aromatic carbocycles. The van der Waals surface area contributed by atoms with Crippen LogP contribution >= 0.6 is 34.5 Å². The van der Waals surface area contributed by atoms with Crippen molar-refractivity contribution in [1.82, 2.24) is 15.0 Å². The number of hydrogen-bond donors (Lipinski definition) is 2. The summed E-state index contributed by atoms with van der Waals surface area (Å²) in [5.74, 6) is 1.11. The third-order valence-electron chi connectivity index (χ3n) is 1.80. The van der Waals surface area contributed by atoms with Gasteiger partial charge in [0.1, 0.15) is 16.8 Å². The van der Waals surface area contributed by atoms with E-state index in [0.717, 1.165) is 0 Å². The zero-order chi connectivity index (χ0) is 12.4. The largest absolute Gasteiger partial charge is 0.373 e. The van der Waals surface area contributed by atoms with Crippen molar-refractivity contribution >= 4 is 45.5 Å². The van der Waals surface area contributed by atoms with Crippen LogP contribution in [-0.4, -0.2) is 20.1 Å². The molecule has 0 radical (unpaired) electrons. The lowest BCUT2D eigenvalue weighted by atomic mass is 10.5. The summed E-state index contributed by atoms with van der Waals surface area (Å²) < 4.78 is 0. The first kappa shape index (κ1) is 12.5. The van der Waals surface area contributed by atoms with E-state index in [2.05, 4.69) is 20.3 Å². The summed E-state index contributed by atoms with van der Waals surface area (Å²) in [7, 11) is 0. The number of aliphatic hydroxyl groups is 1. The van der Waals surface area contributed by atoms with Crippen LogP contribution in [0, 0.1) is 6.92 Å². The minimum atomic E-state index is -1.04. The van der Waals surface area contributed by atoms with Gasteiger partial charge in [-0.1, -0.05) is 34.5 Å². The van der Waals surface area contributed by atoms with Gasteiger partial charge in [0.2, 0.25) is 0 Å². The minimum Gasteiger partial charge on any atom is -0.373 e. The Morgan fingerprint density at radius 3 is 2.82 bits per heavy atom. The topological polar surface area (TPSA) is 70.9 Å². The Balaban J connectivity index is 2.19. The van der Waals surface area contributed by atoms with Gasteiger partial charge >= 0.3 is 0 Å². The van der Waals surface area contributed by atoms with Crippen LogP contribution in [-0.2, 0) is 0 Å². The number of thiazole rings is 1. The molecule has 0 fully saturated rings. The van der Waals surface area contributed by atoms with Crippen molar-refractivity contribution in [2.75, 3.05) is 5.32 Å². The monoisotopic (exact) mass is 290 g/mol. The highest BCUT2D eigenvalue weighted by molar-refractivity contribution is 7.15. The third kappa shape index (κ3) is 3.26. The number of halogens is 2. The predicted molar refractivity (Wildman–Crippen MR) is 68.0 cm³/mol. The van der Waals surface area contributed by atoms with Gasteiger partial charge in [0, 0.05) is 12.3 Å². The lowest BCUT2D eigenvalue weighted by molar-refractivity contribution is 0.266. The number of aliphatic hydroxyl groups excluding tert-OH is 1. The molecule has 2 N–H and O–H groups in total. The number of anilines is 2. The number of alkyl halides is 1. The Bertz CT molecular complexity index is 511. The van der Waals surface area contributed by atoms with Gasteiger partial charge in [0.15, 0.2) is 10.7 Å². The second-order valence-electron chi connectivity index (χ2n) is 3.15. The zero-order valence-corrected chi connectivity index (χ0v) is 11.0. The van der Waals surface area contributed by atoms with E-state index in [1.165, 1.54) is 17.5 Å². The van der Waals surface area contributed by atoms with Gasteiger partial charge in [-0.25, -0.2) is 15.0 Å². The number of hydrogen-bond acceptors (Lipinski definition) is 6. The van der Waals surface area contributed by atoms with E-state index >= 15 is 0 Å². The predicted octanol–water partition coefficient (Wildman–Crippen LogP) is 2.87. The summed E-state index contributed by atoms with van der Waals surface area (Å²) in [6.07, 6.45) is 1.50. The van der Waals surface area contributed by atoms with E-state index in [1.54, 1.807) is 13.0 Å². The molecule has 0 aliphatic heterocycles. The van der Waals surface area contributed by atoms with E-state index in [0.29, 0.717) is 26.8 Å². The Kier molecular flexibility index (Phi) is 3.78. The lowest BCUT2D eigenvalue weighted by Crippen LogP contribution is -1.96. The average Bonchev–Trinajstić information content (AvgIpc) is 2.64. The van der Waals surface area contributed by atoms with E-state index in [-0.39, 0.29) is 0 Å². The van der Waals surface area contributed by atoms with Crippen molar-refractivity contribution in [3.05, 3.63) is 28.1 Å². The molecule has 2 rings (SSSR count). The van der Waals surface area contributed by atoms with Crippen LogP contribution in [0.4, 0.5) is 10.9 Å². The van der Waals surface area contributed by atoms with E-state index in [1.807, 2.05) is 0 Å². The first-order chi connectivity index (χ1) is 8.04. The number of nitrogens with zero attached hydrogens (tertiary/aromatic N) is 3. The fraction of sp³-hybridized carbons (Fsp3) is 0.222. The molecule has 1 unspecified atom stereocenters. The summed E-state index contributed by atoms with van der Waals surface area (Å²) in [6.45, 7) is 1.74. The van der Waals surface area contributed by atoms with Crippen molar-refractivity contribution in [1.29, 1.82) is 0 Å². The highest BCUT2D eigenvalue weighted by Crippen LogP contribution is 2.28. The van der Waals surface area contributed by atoms with Crippen LogP contribution in [0.3, 0.4) is 0 Å². The van der Waals surface area contributed by atoms with Gasteiger partial charge in [-0.2, -0.15) is 0 Å². The van der Waals surface area contributed by atoms with E-state index in [9.17, 15) is 0 Å². The maximum Gasteiger partial charge on any atom is 0.188 e. The number of aromatic nitrogens is 3. The number of rotatable bonds is 3. The standard InChI is InChI=1S/C9H8Cl2N4OS/c1-4-13-6(10)2-7(14-4)15-9-12-3-5(17-9)8(11)16/h2-3,8,16H,1H3,(H,12,13,14,15). The Labute approximate surface area is 111 Å². The molecule has 0 spiro atoms. The maximum absolute atomic E-state index is 9.15. The molecule has 0 aliphatic carbocycles. The molecule has 8 heteroatoms. The molecule has 2 aromatic heterocycles. The lowest BCUT2D eigenvalue weighted by Gasteiger charge is -2.02. The van der Waals surface area contributed by atoms with Crippen LogP contribution in [0.15, 0.2) is 12.3 Å². The highest BCUT2D eigenvalue weighted by atomic mass is 35.5. The first-order valence-corrected chi connectivity index (χ1v) is 6.24. The SMILES string of the molecule is Cc1nc(Cl)cc(Nc2ncc(C(O)Cl)s2)n1. The smallest absolute Gasteiger partial charge is 0.188 e. The van der Waals surface area contributed by atoms with Crippen molar-refractivity contribution in [2.45, 2.75) is 12.5 Å². The second kappa shape index (κ2) is 5.14. The first-order valence-electron chi connectivity index (χ1n) is 4.60. The normalized spacial score (nSPS) is 12.5. The molecule has 0 saturated heterocycles. The van der Waals surface area contributed by atoms with Crippen molar-refractivity contribution in [3.8, 4) is 0 Å². The van der Waals surface area contributed by atoms with Crippen LogP contribution in [0.2, 0.25) is 5.15 Å². The highest BCUT2D eigenvalue weighted by Gasteiger charge is 2.09. The molecular weight excluding hydrogens is 283 g/mol. The van der Waals surface area contributed by atoms with Crippen molar-refractivity contribution < 1.29 is 5.11 Å². The molecule has 90 valence electrons. The second-order valence-corrected chi connectivity index (χ2v) is 5.01. The molecule has 1 atom stereocenters. The van der Waals surface area contributed by atoms with Crippen molar-refractivity contribution in [3.63, 3.8) is 0 Å². The molecular formula is C9H8Cl2N4OS. The molecule has 5 nitrogen and oxygen atoms in total. The van der Waals surface area contributed by atoms with Crippen LogP contribution in [0.1, 0.15) is 16.3 Å². The number of aryl methyl sites for hydroxylation is 1. The average molecular weight is 291 g/mol. The van der Waals surface area contributed by atoms with E-state index < -0.39 is 5.56 Å². The van der Waals surface area contributed by atoms with Gasteiger partial charge in [-0.05, 0) is 6.92 Å². The summed E-state index contributed by atoms with van der Waals surface area (Å²) in [6, 6.07) is 1.59. The molecule has 2 heterocycles. The maximum atomic E-state index is 9.15. The van der Waals surface area contributed by atoms with Crippen LogP contribution in [0.25, 0.3) is 0 Å². The van der Waals surface area contributed by atoms with Crippen molar-refractivity contribution in [2.24, 2.45) is 0 Å². The molecule has 17 heavy (non-hydrogen) atoms. The fourth-order valence-electron chi connectivity index (χ4n) is 1.16. The number of nitrogens with one attached hydrogen (secondary N) is 1. The van der Waals surface area contributed by atoms with Gasteiger partial charge in [0.25, 0.3) is 0 Å². The van der Waals surface area contributed by atoms with Gasteiger partial charge in [-0.15, -0.1) is 0 Å². The summed E-state index contributed by atoms with van der Waals surface area (Å²) in [5, 5.41) is 13.0. The summed E-state index contributed by atoms with van der Waals surface area (Å²) in [5.41, 5.74) is -1.04. The van der Waals surface area contributed by atoms with Gasteiger partial charge in [0.05, 0.1) is 4.88 Å². The molecule has 2 aromatic rings.